The van der Waals surface area contributed by atoms with Crippen LogP contribution in [0.15, 0.2) is 0 Å². The molecule has 0 spiro atoms. The molecule has 0 aromatic rings. The molecule has 8 nitrogen and oxygen atoms in total. The maximum absolute atomic E-state index is 9.41. The molecule has 2 atom stereocenters. The number of hydrogen-bond donors (Lipinski definition) is 4. The van der Waals surface area contributed by atoms with Crippen LogP contribution in [0.25, 0.3) is 0 Å². The van der Waals surface area contributed by atoms with Crippen molar-refractivity contribution < 1.29 is 40.2 Å². The van der Waals surface area contributed by atoms with Crippen molar-refractivity contribution in [2.45, 2.75) is 12.2 Å². The van der Waals surface area contributed by atoms with Gasteiger partial charge >= 0.3 is 37.7 Å². The average molecular weight is 250 g/mol. The predicted molar refractivity (Wildman–Crippen MR) is 42.0 cm³/mol. The van der Waals surface area contributed by atoms with Crippen LogP contribution in [0.2, 0.25) is 0 Å². The Morgan fingerprint density at radius 1 is 0.933 bits per heavy atom. The maximum Gasteiger partial charge on any atom is 2.00 e. The van der Waals surface area contributed by atoms with E-state index in [-0.39, 0.29) is 37.7 Å². The molecule has 0 amide bonds. The number of carbonyl (C=O) groups is 2. The van der Waals surface area contributed by atoms with E-state index in [9.17, 15) is 19.8 Å². The first-order valence-electron chi connectivity index (χ1n) is 3.36. The monoisotopic (exact) mass is 250 g/mol. The number of hydrogen-bond acceptors (Lipinski definition) is 8. The van der Waals surface area contributed by atoms with Gasteiger partial charge in [-0.15, -0.1) is 0 Å². The molecular formula is C6H10CaO8. The topological polar surface area (TPSA) is 161 Å². The number of aliphatic carboxylic acids is 2. The zero-order valence-electron chi connectivity index (χ0n) is 7.70. The number of carboxylic acid groups (broad SMARTS) is 2. The van der Waals surface area contributed by atoms with Crippen molar-refractivity contribution in [1.82, 2.24) is 0 Å². The molecule has 0 aromatic carbocycles. The van der Waals surface area contributed by atoms with E-state index in [0.717, 1.165) is 0 Å². The molecule has 0 radical (unpaired) electrons. The molecule has 15 heavy (non-hydrogen) atoms. The molecule has 0 rings (SSSR count). The zero-order valence-corrected chi connectivity index (χ0v) is 9.91. The van der Waals surface area contributed by atoms with Crippen LogP contribution >= 0.6 is 0 Å². The Morgan fingerprint density at radius 2 is 1.13 bits per heavy atom. The minimum Gasteiger partial charge on any atom is -0.547 e. The molecular weight excluding hydrogens is 240 g/mol. The average Bonchev–Trinajstić information content (AvgIpc) is 2.15. The fourth-order valence-electron chi connectivity index (χ4n) is 0.149. The van der Waals surface area contributed by atoms with Crippen molar-refractivity contribution in [3.05, 3.63) is 0 Å². The van der Waals surface area contributed by atoms with Gasteiger partial charge in [0.05, 0.1) is 25.2 Å². The molecule has 0 aliphatic carbocycles. The summed E-state index contributed by atoms with van der Waals surface area (Å²) in [4.78, 5) is 18.8. The Morgan fingerprint density at radius 3 is 1.13 bits per heavy atom. The van der Waals surface area contributed by atoms with Crippen LogP contribution < -0.4 is 10.2 Å². The third kappa shape index (κ3) is 14.0. The Kier molecular flexibility index (Phi) is 16.5. The molecule has 0 bridgehead atoms. The minimum atomic E-state index is -1.74. The van der Waals surface area contributed by atoms with Crippen LogP contribution in [-0.2, 0) is 9.59 Å². The summed E-state index contributed by atoms with van der Waals surface area (Å²) in [7, 11) is 0. The number of rotatable bonds is 4. The fourth-order valence-corrected chi connectivity index (χ4v) is 0.149. The SMILES string of the molecule is O=C([O-])C(O)CO.O=C([O-])C(O)CO.[Ca+2]. The van der Waals surface area contributed by atoms with Gasteiger partial charge in [-0.05, 0) is 0 Å². The first-order chi connectivity index (χ1) is 6.36. The molecule has 0 fully saturated rings. The standard InChI is InChI=1S/2C3H6O4.Ca/c2*4-1-2(5)3(6)7;/h2*2,4-5H,1H2,(H,6,7);/q;;+2/p-2. The van der Waals surface area contributed by atoms with Crippen LogP contribution in [0.3, 0.4) is 0 Å². The molecule has 0 aromatic heterocycles. The fraction of sp³-hybridized carbons (Fsp3) is 0.667. The summed E-state index contributed by atoms with van der Waals surface area (Å²) in [5.74, 6) is -3.30. The molecule has 0 aliphatic rings. The smallest absolute Gasteiger partial charge is 0.547 e. The van der Waals surface area contributed by atoms with Gasteiger partial charge in [-0.25, -0.2) is 0 Å². The summed E-state index contributed by atoms with van der Waals surface area (Å²) in [6, 6.07) is 0. The van der Waals surface area contributed by atoms with Crippen molar-refractivity contribution in [3.63, 3.8) is 0 Å². The van der Waals surface area contributed by atoms with E-state index in [0.29, 0.717) is 0 Å². The van der Waals surface area contributed by atoms with E-state index in [2.05, 4.69) is 0 Å². The van der Waals surface area contributed by atoms with E-state index in [1.165, 1.54) is 0 Å². The van der Waals surface area contributed by atoms with E-state index < -0.39 is 37.4 Å². The van der Waals surface area contributed by atoms with Crippen LogP contribution in [0, 0.1) is 0 Å². The van der Waals surface area contributed by atoms with Crippen LogP contribution in [0.1, 0.15) is 0 Å². The van der Waals surface area contributed by atoms with E-state index in [4.69, 9.17) is 20.4 Å². The second-order valence-corrected chi connectivity index (χ2v) is 2.03. The molecule has 0 saturated heterocycles. The third-order valence-electron chi connectivity index (χ3n) is 0.890. The summed E-state index contributed by atoms with van der Waals surface area (Å²) in [5.41, 5.74) is 0. The molecule has 0 aliphatic heterocycles. The minimum absolute atomic E-state index is 0. The van der Waals surface area contributed by atoms with Gasteiger partial charge < -0.3 is 40.2 Å². The van der Waals surface area contributed by atoms with Gasteiger partial charge in [-0.1, -0.05) is 0 Å². The van der Waals surface area contributed by atoms with Crippen molar-refractivity contribution in [3.8, 4) is 0 Å². The van der Waals surface area contributed by atoms with Crippen LogP contribution in [0.5, 0.6) is 0 Å². The van der Waals surface area contributed by atoms with Crippen LogP contribution in [-0.4, -0.2) is 95.5 Å². The normalized spacial score (nSPS) is 12.5. The van der Waals surface area contributed by atoms with E-state index in [1.54, 1.807) is 0 Å². The van der Waals surface area contributed by atoms with Crippen molar-refractivity contribution in [2.75, 3.05) is 13.2 Å². The molecule has 2 unspecified atom stereocenters. The maximum atomic E-state index is 9.41. The third-order valence-corrected chi connectivity index (χ3v) is 0.890. The second kappa shape index (κ2) is 12.1. The van der Waals surface area contributed by atoms with Gasteiger partial charge in [0, 0.05) is 0 Å². The quantitative estimate of drug-likeness (QED) is 0.358. The molecule has 84 valence electrons. The summed E-state index contributed by atoms with van der Waals surface area (Å²) < 4.78 is 0. The van der Waals surface area contributed by atoms with Gasteiger partial charge in [-0.2, -0.15) is 0 Å². The largest absolute Gasteiger partial charge is 2.00 e. The van der Waals surface area contributed by atoms with Gasteiger partial charge in [0.1, 0.15) is 12.2 Å². The van der Waals surface area contributed by atoms with Gasteiger partial charge in [0.15, 0.2) is 0 Å². The summed E-state index contributed by atoms with van der Waals surface area (Å²) in [6.45, 7) is -1.58. The van der Waals surface area contributed by atoms with Crippen LogP contribution in [0.4, 0.5) is 0 Å². The Labute approximate surface area is 115 Å². The van der Waals surface area contributed by atoms with E-state index >= 15 is 0 Å². The Hall–Kier alpha value is 0.0397. The number of aliphatic hydroxyl groups excluding tert-OH is 4. The summed E-state index contributed by atoms with van der Waals surface area (Å²) in [5, 5.41) is 50.5. The molecule has 9 heteroatoms. The number of carboxylic acids is 2. The molecule has 4 N–H and O–H groups in total. The Balaban J connectivity index is -0.000000180. The zero-order chi connectivity index (χ0) is 11.7. The first kappa shape index (κ1) is 20.5. The second-order valence-electron chi connectivity index (χ2n) is 2.03. The Bertz CT molecular complexity index is 164. The number of aliphatic hydroxyl groups is 4. The molecule has 0 heterocycles. The van der Waals surface area contributed by atoms with Crippen molar-refractivity contribution >= 4 is 49.7 Å². The van der Waals surface area contributed by atoms with E-state index in [1.807, 2.05) is 0 Å². The number of carbonyl (C=O) groups excluding carboxylic acids is 2. The molecule has 0 saturated carbocycles. The first-order valence-corrected chi connectivity index (χ1v) is 3.36. The van der Waals surface area contributed by atoms with Gasteiger partial charge in [0.25, 0.3) is 0 Å². The van der Waals surface area contributed by atoms with Gasteiger partial charge in [-0.3, -0.25) is 0 Å². The predicted octanol–water partition coefficient (Wildman–Crippen LogP) is -6.20. The van der Waals surface area contributed by atoms with Crippen molar-refractivity contribution in [1.29, 1.82) is 0 Å². The van der Waals surface area contributed by atoms with Crippen molar-refractivity contribution in [2.24, 2.45) is 0 Å². The van der Waals surface area contributed by atoms with Gasteiger partial charge in [0.2, 0.25) is 0 Å². The summed E-state index contributed by atoms with van der Waals surface area (Å²) in [6.07, 6.45) is -3.47. The summed E-state index contributed by atoms with van der Waals surface area (Å²) >= 11 is 0.